The number of aromatic nitrogens is 1. The van der Waals surface area contributed by atoms with E-state index in [9.17, 15) is 0 Å². The summed E-state index contributed by atoms with van der Waals surface area (Å²) in [7, 11) is 2.10. The number of hydrogen-bond acceptors (Lipinski definition) is 1. The van der Waals surface area contributed by atoms with Gasteiger partial charge in [0, 0.05) is 28.5 Å². The summed E-state index contributed by atoms with van der Waals surface area (Å²) in [6, 6.07) is 24.5. The fourth-order valence-electron chi connectivity index (χ4n) is 6.30. The molecule has 1 fully saturated rings. The average molecular weight is 417 g/mol. The molecule has 2 aliphatic rings. The van der Waals surface area contributed by atoms with Crippen LogP contribution in [0.5, 0.6) is 0 Å². The van der Waals surface area contributed by atoms with Crippen LogP contribution in [0.25, 0.3) is 44.3 Å². The van der Waals surface area contributed by atoms with Crippen molar-refractivity contribution in [3.63, 3.8) is 0 Å². The summed E-state index contributed by atoms with van der Waals surface area (Å²) in [4.78, 5) is 0. The van der Waals surface area contributed by atoms with Gasteiger partial charge in [-0.1, -0.05) is 48.5 Å². The number of aryl methyl sites for hydroxylation is 2. The SMILES string of the molecule is Cc1ccc2c(oc3c(-c4ccc5c(c4)C4CCC5C4)cccc32)c1-c1cccc[n+]1C. The second-order valence-corrected chi connectivity index (χ2v) is 9.67. The van der Waals surface area contributed by atoms with Crippen molar-refractivity contribution in [2.75, 3.05) is 0 Å². The highest BCUT2D eigenvalue weighted by atomic mass is 16.3. The van der Waals surface area contributed by atoms with Crippen LogP contribution in [0.4, 0.5) is 0 Å². The summed E-state index contributed by atoms with van der Waals surface area (Å²) in [5, 5.41) is 2.38. The second-order valence-electron chi connectivity index (χ2n) is 9.67. The van der Waals surface area contributed by atoms with Gasteiger partial charge < -0.3 is 4.42 Å². The molecular formula is C30H26NO+. The van der Waals surface area contributed by atoms with Crippen molar-refractivity contribution >= 4 is 21.9 Å². The number of para-hydroxylation sites is 1. The monoisotopic (exact) mass is 416 g/mol. The van der Waals surface area contributed by atoms with Gasteiger partial charge in [0.15, 0.2) is 6.20 Å². The molecule has 2 aliphatic carbocycles. The van der Waals surface area contributed by atoms with Crippen LogP contribution in [0.15, 0.2) is 77.3 Å². The van der Waals surface area contributed by atoms with E-state index in [1.807, 2.05) is 0 Å². The number of nitrogens with zero attached hydrogens (tertiary/aromatic N) is 1. The van der Waals surface area contributed by atoms with Crippen LogP contribution in [-0.4, -0.2) is 0 Å². The molecule has 3 aromatic carbocycles. The molecule has 0 spiro atoms. The normalized spacial score (nSPS) is 19.2. The molecule has 2 aromatic heterocycles. The maximum absolute atomic E-state index is 6.73. The Kier molecular flexibility index (Phi) is 3.73. The number of furan rings is 1. The van der Waals surface area contributed by atoms with E-state index in [0.29, 0.717) is 0 Å². The van der Waals surface area contributed by atoms with E-state index in [0.717, 1.165) is 23.0 Å². The van der Waals surface area contributed by atoms with E-state index in [-0.39, 0.29) is 0 Å². The Bertz CT molecular complexity index is 1540. The second kappa shape index (κ2) is 6.56. The minimum absolute atomic E-state index is 0.761. The van der Waals surface area contributed by atoms with Gasteiger partial charge in [-0.15, -0.1) is 0 Å². The Hall–Kier alpha value is -3.39. The number of pyridine rings is 1. The zero-order valence-corrected chi connectivity index (χ0v) is 18.6. The zero-order chi connectivity index (χ0) is 21.4. The molecule has 2 nitrogen and oxygen atoms in total. The summed E-state index contributed by atoms with van der Waals surface area (Å²) < 4.78 is 8.90. The topological polar surface area (TPSA) is 17.0 Å². The van der Waals surface area contributed by atoms with E-state index < -0.39 is 0 Å². The third kappa shape index (κ3) is 2.44. The van der Waals surface area contributed by atoms with Gasteiger partial charge in [0.1, 0.15) is 18.2 Å². The molecule has 2 heterocycles. The van der Waals surface area contributed by atoms with Gasteiger partial charge in [0.05, 0.1) is 5.56 Å². The van der Waals surface area contributed by atoms with Crippen LogP contribution in [-0.2, 0) is 7.05 Å². The Morgan fingerprint density at radius 3 is 2.53 bits per heavy atom. The first-order chi connectivity index (χ1) is 15.7. The maximum Gasteiger partial charge on any atom is 0.216 e. The Labute approximate surface area is 188 Å². The number of rotatable bonds is 2. The lowest BCUT2D eigenvalue weighted by atomic mass is 9.89. The van der Waals surface area contributed by atoms with E-state index in [4.69, 9.17) is 4.42 Å². The summed E-state index contributed by atoms with van der Waals surface area (Å²) >= 11 is 0. The van der Waals surface area contributed by atoms with Crippen molar-refractivity contribution in [1.29, 1.82) is 0 Å². The smallest absolute Gasteiger partial charge is 0.216 e. The fourth-order valence-corrected chi connectivity index (χ4v) is 6.30. The van der Waals surface area contributed by atoms with Crippen molar-refractivity contribution in [2.45, 2.75) is 38.0 Å². The van der Waals surface area contributed by atoms with Crippen LogP contribution >= 0.6 is 0 Å². The van der Waals surface area contributed by atoms with Gasteiger partial charge in [-0.2, -0.15) is 0 Å². The molecule has 2 atom stereocenters. The van der Waals surface area contributed by atoms with Crippen LogP contribution in [0.3, 0.4) is 0 Å². The Morgan fingerprint density at radius 1 is 0.812 bits per heavy atom. The van der Waals surface area contributed by atoms with E-state index in [1.165, 1.54) is 58.0 Å². The van der Waals surface area contributed by atoms with Crippen molar-refractivity contribution in [1.82, 2.24) is 0 Å². The molecule has 2 heteroatoms. The first kappa shape index (κ1) is 18.2. The van der Waals surface area contributed by atoms with Crippen LogP contribution < -0.4 is 4.57 Å². The molecule has 1 saturated carbocycles. The molecule has 2 unspecified atom stereocenters. The van der Waals surface area contributed by atoms with Crippen molar-refractivity contribution in [3.05, 3.63) is 89.6 Å². The van der Waals surface area contributed by atoms with E-state index in [2.05, 4.69) is 91.5 Å². The molecule has 0 aliphatic heterocycles. The van der Waals surface area contributed by atoms with Crippen molar-refractivity contribution in [2.24, 2.45) is 7.05 Å². The molecular weight excluding hydrogens is 390 g/mol. The lowest BCUT2D eigenvalue weighted by Crippen LogP contribution is -2.30. The molecule has 0 amide bonds. The number of benzene rings is 3. The highest BCUT2D eigenvalue weighted by Crippen LogP contribution is 2.54. The predicted octanol–water partition coefficient (Wildman–Crippen LogP) is 7.42. The molecule has 0 radical (unpaired) electrons. The number of hydrogen-bond donors (Lipinski definition) is 0. The van der Waals surface area contributed by atoms with Gasteiger partial charge in [-0.25, -0.2) is 4.57 Å². The summed E-state index contributed by atoms with van der Waals surface area (Å²) in [6.45, 7) is 2.17. The zero-order valence-electron chi connectivity index (χ0n) is 18.6. The predicted molar refractivity (Wildman–Crippen MR) is 130 cm³/mol. The molecule has 0 saturated heterocycles. The minimum Gasteiger partial charge on any atom is -0.454 e. The summed E-state index contributed by atoms with van der Waals surface area (Å²) in [5.41, 5.74) is 11.2. The van der Waals surface area contributed by atoms with Crippen LogP contribution in [0.2, 0.25) is 0 Å². The lowest BCUT2D eigenvalue weighted by molar-refractivity contribution is -0.660. The van der Waals surface area contributed by atoms with E-state index in [1.54, 1.807) is 11.1 Å². The largest absolute Gasteiger partial charge is 0.454 e. The first-order valence-electron chi connectivity index (χ1n) is 11.7. The van der Waals surface area contributed by atoms with Gasteiger partial charge in [0.2, 0.25) is 5.69 Å². The molecule has 5 aromatic rings. The highest BCUT2D eigenvalue weighted by molar-refractivity contribution is 6.13. The maximum atomic E-state index is 6.73. The summed E-state index contributed by atoms with van der Waals surface area (Å²) in [5.74, 6) is 1.56. The van der Waals surface area contributed by atoms with E-state index >= 15 is 0 Å². The third-order valence-corrected chi connectivity index (χ3v) is 7.90. The van der Waals surface area contributed by atoms with Crippen LogP contribution in [0, 0.1) is 6.92 Å². The molecule has 156 valence electrons. The average Bonchev–Trinajstić information content (AvgIpc) is 3.53. The van der Waals surface area contributed by atoms with Gasteiger partial charge in [-0.05, 0) is 66.3 Å². The van der Waals surface area contributed by atoms with Crippen LogP contribution in [0.1, 0.15) is 47.8 Å². The van der Waals surface area contributed by atoms with Crippen molar-refractivity contribution < 1.29 is 8.98 Å². The highest BCUT2D eigenvalue weighted by Gasteiger charge is 2.36. The standard InChI is InChI=1S/C30H26NO/c1-18-9-13-25-24-7-5-6-23(21-12-14-22-19-10-11-20(16-19)26(22)17-21)29(24)32-30(25)28(18)27-8-3-4-15-31(27)2/h3-9,12-15,17,19-20H,10-11,16H2,1-2H3/q+1. The minimum atomic E-state index is 0.761. The van der Waals surface area contributed by atoms with Crippen molar-refractivity contribution in [3.8, 4) is 22.4 Å². The number of fused-ring (bicyclic) bond motifs is 8. The lowest BCUT2D eigenvalue weighted by Gasteiger charge is -2.16. The van der Waals surface area contributed by atoms with Gasteiger partial charge in [0.25, 0.3) is 0 Å². The molecule has 2 bridgehead atoms. The van der Waals surface area contributed by atoms with Gasteiger partial charge in [-0.3, -0.25) is 0 Å². The quantitative estimate of drug-likeness (QED) is 0.274. The third-order valence-electron chi connectivity index (χ3n) is 7.90. The van der Waals surface area contributed by atoms with Gasteiger partial charge >= 0.3 is 0 Å². The fraction of sp³-hybridized carbons (Fsp3) is 0.233. The molecule has 0 N–H and O–H groups in total. The first-order valence-corrected chi connectivity index (χ1v) is 11.7. The Morgan fingerprint density at radius 2 is 1.66 bits per heavy atom. The molecule has 32 heavy (non-hydrogen) atoms. The molecule has 7 rings (SSSR count). The Balaban J connectivity index is 1.49. The summed E-state index contributed by atoms with van der Waals surface area (Å²) in [6.07, 6.45) is 6.17.